The van der Waals surface area contributed by atoms with Crippen LogP contribution in [0.25, 0.3) is 10.9 Å². The van der Waals surface area contributed by atoms with Crippen LogP contribution in [0.4, 0.5) is 0 Å². The van der Waals surface area contributed by atoms with E-state index in [2.05, 4.69) is 0 Å². The zero-order valence-electron chi connectivity index (χ0n) is 18.6. The first kappa shape index (κ1) is 26.5. The van der Waals surface area contributed by atoms with Crippen molar-refractivity contribution in [1.29, 1.82) is 0 Å². The molecule has 2 aromatic rings. The molecule has 1 amide bonds. The van der Waals surface area contributed by atoms with E-state index in [9.17, 15) is 35.1 Å². The molecule has 0 saturated heterocycles. The van der Waals surface area contributed by atoms with Crippen LogP contribution >= 0.6 is 11.6 Å². The SMILES string of the molecule is CC.COc1c(C(=O)N(C2=CCCC=C2)C(O)(O)C(O)(O)O)c(=O)n(C)c2cccc(Cl)c12. The molecule has 1 aliphatic carbocycles. The van der Waals surface area contributed by atoms with Gasteiger partial charge in [0, 0.05) is 12.7 Å². The average Bonchev–Trinajstić information content (AvgIpc) is 2.77. The summed E-state index contributed by atoms with van der Waals surface area (Å²) in [7, 11) is 2.57. The number of aryl methyl sites for hydroxylation is 1. The molecule has 1 heterocycles. The van der Waals surface area contributed by atoms with Gasteiger partial charge >= 0.3 is 11.9 Å². The van der Waals surface area contributed by atoms with E-state index in [0.29, 0.717) is 18.4 Å². The van der Waals surface area contributed by atoms with Gasteiger partial charge in [-0.05, 0) is 31.1 Å². The van der Waals surface area contributed by atoms with Crippen LogP contribution < -0.4 is 10.3 Å². The maximum Gasteiger partial charge on any atom is 0.355 e. The third-order valence-electron chi connectivity index (χ3n) is 4.94. The van der Waals surface area contributed by atoms with Crippen molar-refractivity contribution in [2.45, 2.75) is 38.6 Å². The highest BCUT2D eigenvalue weighted by Gasteiger charge is 2.55. The third-order valence-corrected chi connectivity index (χ3v) is 5.26. The largest absolute Gasteiger partial charge is 0.495 e. The van der Waals surface area contributed by atoms with Gasteiger partial charge in [0.05, 0.1) is 23.0 Å². The number of ether oxygens (including phenoxy) is 1. The fourth-order valence-corrected chi connectivity index (χ4v) is 3.63. The number of aliphatic hydroxyl groups is 5. The number of pyridine rings is 1. The standard InChI is InChI=1S/C20H21ClN2O8.C2H6/c1-22-13-10-6-9-12(21)14(13)16(31-2)15(17(22)24)18(25)23(11-7-4-3-5-8-11)19(26,27)20(28,29)30;1-2/h4,6-10,26-30H,3,5H2,1-2H3;1-2H3. The molecule has 1 aliphatic rings. The minimum Gasteiger partial charge on any atom is -0.495 e. The van der Waals surface area contributed by atoms with E-state index in [1.165, 1.54) is 32.4 Å². The molecule has 10 nitrogen and oxygen atoms in total. The first-order valence-electron chi connectivity index (χ1n) is 10.1. The monoisotopic (exact) mass is 482 g/mol. The number of benzene rings is 1. The lowest BCUT2D eigenvalue weighted by molar-refractivity contribution is -0.474. The second-order valence-corrected chi connectivity index (χ2v) is 7.33. The van der Waals surface area contributed by atoms with Gasteiger partial charge in [-0.25, -0.2) is 4.90 Å². The molecule has 0 saturated carbocycles. The lowest BCUT2D eigenvalue weighted by Crippen LogP contribution is -2.66. The van der Waals surface area contributed by atoms with Crippen molar-refractivity contribution < 1.29 is 35.1 Å². The second kappa shape index (κ2) is 10.0. The van der Waals surface area contributed by atoms with Crippen LogP contribution in [0, 0.1) is 0 Å². The molecule has 0 fully saturated rings. The molecule has 0 atom stereocenters. The van der Waals surface area contributed by atoms with Crippen molar-refractivity contribution in [2.75, 3.05) is 7.11 Å². The van der Waals surface area contributed by atoms with E-state index in [-0.39, 0.29) is 26.8 Å². The van der Waals surface area contributed by atoms with Gasteiger partial charge in [0.2, 0.25) is 0 Å². The highest BCUT2D eigenvalue weighted by Crippen LogP contribution is 2.36. The maximum absolute atomic E-state index is 13.5. The number of amides is 1. The van der Waals surface area contributed by atoms with Crippen molar-refractivity contribution in [1.82, 2.24) is 9.47 Å². The molecule has 0 unspecified atom stereocenters. The molecule has 0 bridgehead atoms. The van der Waals surface area contributed by atoms with Gasteiger partial charge in [-0.2, -0.15) is 0 Å². The summed E-state index contributed by atoms with van der Waals surface area (Å²) in [4.78, 5) is 26.7. The van der Waals surface area contributed by atoms with Crippen molar-refractivity contribution in [3.63, 3.8) is 0 Å². The summed E-state index contributed by atoms with van der Waals surface area (Å²) in [6.07, 6.45) is 5.25. The van der Waals surface area contributed by atoms with Crippen LogP contribution in [0.5, 0.6) is 5.75 Å². The van der Waals surface area contributed by atoms with Gasteiger partial charge in [0.25, 0.3) is 11.5 Å². The summed E-state index contributed by atoms with van der Waals surface area (Å²) in [6.45, 7) is 4.00. The Balaban J connectivity index is 0.00000187. The Kier molecular flexibility index (Phi) is 8.07. The molecule has 0 radical (unpaired) electrons. The predicted octanol–water partition coefficient (Wildman–Crippen LogP) is 1.17. The number of nitrogens with zero attached hydrogens (tertiary/aromatic N) is 2. The number of hydrogen-bond donors (Lipinski definition) is 5. The average molecular weight is 483 g/mol. The van der Waals surface area contributed by atoms with E-state index in [0.717, 1.165) is 4.57 Å². The first-order valence-corrected chi connectivity index (χ1v) is 10.5. The third kappa shape index (κ3) is 4.67. The first-order chi connectivity index (χ1) is 15.4. The highest BCUT2D eigenvalue weighted by molar-refractivity contribution is 6.36. The van der Waals surface area contributed by atoms with E-state index in [1.54, 1.807) is 18.2 Å². The second-order valence-electron chi connectivity index (χ2n) is 6.93. The van der Waals surface area contributed by atoms with Crippen LogP contribution in [0.1, 0.15) is 37.0 Å². The summed E-state index contributed by atoms with van der Waals surface area (Å²) in [5.41, 5.74) is -1.39. The molecule has 11 heteroatoms. The van der Waals surface area contributed by atoms with Crippen molar-refractivity contribution in [3.05, 3.63) is 63.1 Å². The quantitative estimate of drug-likeness (QED) is 0.398. The molecular weight excluding hydrogens is 456 g/mol. The number of hydrogen-bond acceptors (Lipinski definition) is 8. The molecule has 0 spiro atoms. The molecule has 1 aromatic heterocycles. The summed E-state index contributed by atoms with van der Waals surface area (Å²) < 4.78 is 6.41. The summed E-state index contributed by atoms with van der Waals surface area (Å²) >= 11 is 6.27. The number of rotatable bonds is 5. The molecule has 1 aromatic carbocycles. The lowest BCUT2D eigenvalue weighted by Gasteiger charge is -2.40. The van der Waals surface area contributed by atoms with Gasteiger partial charge in [0.1, 0.15) is 11.3 Å². The van der Waals surface area contributed by atoms with Crippen LogP contribution in [0.3, 0.4) is 0 Å². The smallest absolute Gasteiger partial charge is 0.355 e. The predicted molar refractivity (Wildman–Crippen MR) is 121 cm³/mol. The zero-order chi connectivity index (χ0) is 25.1. The van der Waals surface area contributed by atoms with Crippen molar-refractivity contribution in [3.8, 4) is 5.75 Å². The van der Waals surface area contributed by atoms with Crippen molar-refractivity contribution in [2.24, 2.45) is 7.05 Å². The number of halogens is 1. The number of allylic oxidation sites excluding steroid dienone is 3. The molecular formula is C22H27ClN2O8. The lowest BCUT2D eigenvalue weighted by atomic mass is 10.1. The molecule has 180 valence electrons. The van der Waals surface area contributed by atoms with Crippen LogP contribution in [-0.4, -0.2) is 59.9 Å². The zero-order valence-corrected chi connectivity index (χ0v) is 19.4. The summed E-state index contributed by atoms with van der Waals surface area (Å²) in [5.74, 6) is -9.71. The Morgan fingerprint density at radius 2 is 1.79 bits per heavy atom. The molecule has 33 heavy (non-hydrogen) atoms. The minimum absolute atomic E-state index is 0.102. The summed E-state index contributed by atoms with van der Waals surface area (Å²) in [5, 5.41) is 49.7. The minimum atomic E-state index is -4.15. The Hall–Kier alpha value is -2.73. The number of methoxy groups -OCH3 is 1. The van der Waals surface area contributed by atoms with E-state index < -0.39 is 28.9 Å². The van der Waals surface area contributed by atoms with Gasteiger partial charge in [0.15, 0.2) is 0 Å². The highest BCUT2D eigenvalue weighted by atomic mass is 35.5. The van der Waals surface area contributed by atoms with E-state index >= 15 is 0 Å². The Bertz CT molecular complexity index is 1160. The Morgan fingerprint density at radius 1 is 1.15 bits per heavy atom. The number of fused-ring (bicyclic) bond motifs is 1. The maximum atomic E-state index is 13.5. The van der Waals surface area contributed by atoms with E-state index in [1.807, 2.05) is 13.8 Å². The van der Waals surface area contributed by atoms with Gasteiger partial charge < -0.3 is 34.8 Å². The Morgan fingerprint density at radius 3 is 2.30 bits per heavy atom. The number of aromatic nitrogens is 1. The number of carbonyl (C=O) groups excluding carboxylic acids is 1. The Labute approximate surface area is 194 Å². The summed E-state index contributed by atoms with van der Waals surface area (Å²) in [6, 6.07) is 4.68. The van der Waals surface area contributed by atoms with Crippen LogP contribution in [0.15, 0.2) is 46.9 Å². The normalized spacial score (nSPS) is 13.8. The number of carbonyl (C=O) groups is 1. The molecule has 0 aliphatic heterocycles. The topological polar surface area (TPSA) is 153 Å². The molecule has 5 N–H and O–H groups in total. The van der Waals surface area contributed by atoms with Gasteiger partial charge in [-0.1, -0.05) is 43.7 Å². The van der Waals surface area contributed by atoms with Crippen LogP contribution in [0.2, 0.25) is 5.02 Å². The molecule has 3 rings (SSSR count). The van der Waals surface area contributed by atoms with Gasteiger partial charge in [-0.3, -0.25) is 9.59 Å². The fraction of sp³-hybridized carbons (Fsp3) is 0.364. The van der Waals surface area contributed by atoms with Crippen LogP contribution in [-0.2, 0) is 7.05 Å². The fourth-order valence-electron chi connectivity index (χ4n) is 3.38. The van der Waals surface area contributed by atoms with Crippen molar-refractivity contribution >= 4 is 28.4 Å². The van der Waals surface area contributed by atoms with E-state index in [4.69, 9.17) is 16.3 Å². The van der Waals surface area contributed by atoms with Gasteiger partial charge in [-0.15, -0.1) is 0 Å².